The molecule has 19 heavy (non-hydrogen) atoms. The van der Waals surface area contributed by atoms with E-state index < -0.39 is 12.0 Å². The first kappa shape index (κ1) is 16.2. The molecule has 4 nitrogen and oxygen atoms in total. The molecule has 1 atom stereocenters. The molecule has 0 amide bonds. The van der Waals surface area contributed by atoms with E-state index in [4.69, 9.17) is 23.2 Å². The number of benzene rings is 1. The van der Waals surface area contributed by atoms with Gasteiger partial charge in [-0.1, -0.05) is 30.3 Å². The molecule has 1 rings (SSSR count). The number of hydrogen-bond acceptors (Lipinski definition) is 3. The van der Waals surface area contributed by atoms with Crippen LogP contribution in [0.5, 0.6) is 0 Å². The van der Waals surface area contributed by atoms with E-state index in [1.807, 2.05) is 30.3 Å². The maximum absolute atomic E-state index is 11.3. The lowest BCUT2D eigenvalue weighted by molar-refractivity contribution is -0.141. The van der Waals surface area contributed by atoms with Crippen molar-refractivity contribution in [2.45, 2.75) is 12.5 Å². The van der Waals surface area contributed by atoms with Crippen molar-refractivity contribution in [1.29, 1.82) is 0 Å². The molecular weight excluding hydrogens is 287 g/mol. The van der Waals surface area contributed by atoms with Crippen LogP contribution in [0.1, 0.15) is 5.56 Å². The minimum Gasteiger partial charge on any atom is -0.480 e. The first-order chi connectivity index (χ1) is 9.17. The second kappa shape index (κ2) is 9.15. The van der Waals surface area contributed by atoms with Gasteiger partial charge in [-0.2, -0.15) is 0 Å². The summed E-state index contributed by atoms with van der Waals surface area (Å²) in [5.74, 6) is -0.0543. The summed E-state index contributed by atoms with van der Waals surface area (Å²) in [6, 6.07) is 8.82. The Labute approximate surface area is 123 Å². The summed E-state index contributed by atoms with van der Waals surface area (Å²) in [6.07, 6.45) is 0.414. The van der Waals surface area contributed by atoms with Gasteiger partial charge in [-0.15, -0.1) is 23.2 Å². The molecule has 106 valence electrons. The molecule has 0 bridgehead atoms. The summed E-state index contributed by atoms with van der Waals surface area (Å²) in [4.78, 5) is 11.3. The van der Waals surface area contributed by atoms with Crippen LogP contribution in [0.15, 0.2) is 30.3 Å². The van der Waals surface area contributed by atoms with Crippen LogP contribution < -0.4 is 5.43 Å². The number of halogens is 2. The number of rotatable bonds is 9. The topological polar surface area (TPSA) is 52.6 Å². The Balaban J connectivity index is 2.63. The molecule has 6 heteroatoms. The zero-order valence-electron chi connectivity index (χ0n) is 10.6. The van der Waals surface area contributed by atoms with E-state index >= 15 is 0 Å². The van der Waals surface area contributed by atoms with E-state index in [9.17, 15) is 9.90 Å². The first-order valence-corrected chi connectivity index (χ1v) is 7.14. The van der Waals surface area contributed by atoms with Crippen LogP contribution in [0.3, 0.4) is 0 Å². The van der Waals surface area contributed by atoms with Crippen molar-refractivity contribution in [3.8, 4) is 0 Å². The van der Waals surface area contributed by atoms with E-state index in [1.54, 1.807) is 5.01 Å². The molecule has 1 aromatic rings. The van der Waals surface area contributed by atoms with Gasteiger partial charge in [-0.25, -0.2) is 10.4 Å². The number of nitrogens with zero attached hydrogens (tertiary/aromatic N) is 1. The predicted octanol–water partition coefficient (Wildman–Crippen LogP) is 1.97. The number of carbonyl (C=O) groups is 1. The lowest BCUT2D eigenvalue weighted by Gasteiger charge is -2.25. The van der Waals surface area contributed by atoms with E-state index in [0.717, 1.165) is 5.56 Å². The molecule has 0 saturated carbocycles. The monoisotopic (exact) mass is 304 g/mol. The minimum absolute atomic E-state index is 0.414. The third kappa shape index (κ3) is 6.25. The summed E-state index contributed by atoms with van der Waals surface area (Å²) in [6.45, 7) is 1.10. The zero-order chi connectivity index (χ0) is 14.1. The average molecular weight is 305 g/mol. The lowest BCUT2D eigenvalue weighted by atomic mass is 10.1. The largest absolute Gasteiger partial charge is 0.480 e. The van der Waals surface area contributed by atoms with Gasteiger partial charge in [0.25, 0.3) is 0 Å². The van der Waals surface area contributed by atoms with Crippen molar-refractivity contribution >= 4 is 29.2 Å². The van der Waals surface area contributed by atoms with E-state index in [0.29, 0.717) is 31.3 Å². The summed E-state index contributed by atoms with van der Waals surface area (Å²) < 4.78 is 0. The molecule has 0 heterocycles. The molecule has 1 aromatic carbocycles. The number of alkyl halides is 2. The van der Waals surface area contributed by atoms with Gasteiger partial charge in [0.2, 0.25) is 0 Å². The van der Waals surface area contributed by atoms with Crippen molar-refractivity contribution in [2.24, 2.45) is 0 Å². The van der Waals surface area contributed by atoms with Gasteiger partial charge in [0.05, 0.1) is 0 Å². The molecule has 0 aliphatic rings. The molecule has 0 radical (unpaired) electrons. The van der Waals surface area contributed by atoms with Crippen LogP contribution in [0.25, 0.3) is 0 Å². The standard InChI is InChI=1S/C13H18Cl2N2O2/c14-6-8-17(9-7-15)16-12(13(18)19)10-11-4-2-1-3-5-11/h1-5,12,16H,6-10H2,(H,18,19)/t12-/m0/s1. The summed E-state index contributed by atoms with van der Waals surface area (Å²) in [7, 11) is 0. The van der Waals surface area contributed by atoms with Crippen LogP contribution in [-0.2, 0) is 11.2 Å². The molecule has 2 N–H and O–H groups in total. The van der Waals surface area contributed by atoms with Gasteiger partial charge in [-0.05, 0) is 12.0 Å². The Morgan fingerprint density at radius 3 is 2.26 bits per heavy atom. The number of carboxylic acids is 1. The zero-order valence-corrected chi connectivity index (χ0v) is 12.1. The quantitative estimate of drug-likeness (QED) is 0.541. The highest BCUT2D eigenvalue weighted by Crippen LogP contribution is 2.04. The smallest absolute Gasteiger partial charge is 0.322 e. The van der Waals surface area contributed by atoms with Gasteiger partial charge >= 0.3 is 5.97 Å². The average Bonchev–Trinajstić information content (AvgIpc) is 2.39. The van der Waals surface area contributed by atoms with E-state index in [2.05, 4.69) is 5.43 Å². The summed E-state index contributed by atoms with van der Waals surface area (Å²) in [5, 5.41) is 11.0. The van der Waals surface area contributed by atoms with Crippen LogP contribution in [-0.4, -0.2) is 47.0 Å². The van der Waals surface area contributed by atoms with Crippen LogP contribution in [0.4, 0.5) is 0 Å². The molecule has 0 aliphatic carbocycles. The van der Waals surface area contributed by atoms with Crippen LogP contribution in [0, 0.1) is 0 Å². The maximum Gasteiger partial charge on any atom is 0.322 e. The Kier molecular flexibility index (Phi) is 7.82. The Bertz CT molecular complexity index is 370. The van der Waals surface area contributed by atoms with Crippen molar-refractivity contribution in [1.82, 2.24) is 10.4 Å². The Hall–Kier alpha value is -0.810. The molecule has 0 aliphatic heterocycles. The Morgan fingerprint density at radius 2 is 1.79 bits per heavy atom. The maximum atomic E-state index is 11.3. The number of aliphatic carboxylic acids is 1. The Morgan fingerprint density at radius 1 is 1.21 bits per heavy atom. The van der Waals surface area contributed by atoms with Crippen molar-refractivity contribution in [3.05, 3.63) is 35.9 Å². The van der Waals surface area contributed by atoms with Gasteiger partial charge in [-0.3, -0.25) is 4.79 Å². The predicted molar refractivity (Wildman–Crippen MR) is 77.7 cm³/mol. The summed E-state index contributed by atoms with van der Waals surface area (Å²) in [5.41, 5.74) is 3.94. The highest BCUT2D eigenvalue weighted by atomic mass is 35.5. The van der Waals surface area contributed by atoms with E-state index in [-0.39, 0.29) is 0 Å². The van der Waals surface area contributed by atoms with Crippen LogP contribution >= 0.6 is 23.2 Å². The normalized spacial score (nSPS) is 12.6. The second-order valence-corrected chi connectivity index (χ2v) is 4.83. The molecule has 0 spiro atoms. The van der Waals surface area contributed by atoms with Crippen molar-refractivity contribution < 1.29 is 9.90 Å². The van der Waals surface area contributed by atoms with Gasteiger partial charge in [0.1, 0.15) is 6.04 Å². The molecule has 0 aromatic heterocycles. The highest BCUT2D eigenvalue weighted by molar-refractivity contribution is 6.18. The molecular formula is C13H18Cl2N2O2. The number of nitrogens with one attached hydrogen (secondary N) is 1. The second-order valence-electron chi connectivity index (χ2n) is 4.07. The minimum atomic E-state index is -0.891. The van der Waals surface area contributed by atoms with Gasteiger partial charge in [0.15, 0.2) is 0 Å². The first-order valence-electron chi connectivity index (χ1n) is 6.07. The lowest BCUT2D eigenvalue weighted by Crippen LogP contribution is -2.50. The molecule has 0 unspecified atom stereocenters. The summed E-state index contributed by atoms with van der Waals surface area (Å²) >= 11 is 11.4. The molecule has 0 saturated heterocycles. The molecule has 0 fully saturated rings. The van der Waals surface area contributed by atoms with Gasteiger partial charge in [0, 0.05) is 24.8 Å². The number of hydrazine groups is 1. The van der Waals surface area contributed by atoms with Crippen molar-refractivity contribution in [3.63, 3.8) is 0 Å². The SMILES string of the molecule is O=C(O)[C@H](Cc1ccccc1)NN(CCCl)CCCl. The van der Waals surface area contributed by atoms with Crippen LogP contribution in [0.2, 0.25) is 0 Å². The highest BCUT2D eigenvalue weighted by Gasteiger charge is 2.20. The van der Waals surface area contributed by atoms with E-state index in [1.165, 1.54) is 0 Å². The fourth-order valence-corrected chi connectivity index (χ4v) is 2.11. The fourth-order valence-electron chi connectivity index (χ4n) is 1.70. The van der Waals surface area contributed by atoms with Crippen molar-refractivity contribution in [2.75, 3.05) is 24.8 Å². The third-order valence-electron chi connectivity index (χ3n) is 2.63. The fraction of sp³-hybridized carbons (Fsp3) is 0.462. The van der Waals surface area contributed by atoms with Gasteiger partial charge < -0.3 is 5.11 Å². The number of hydrogen-bond donors (Lipinski definition) is 2. The number of carboxylic acid groups (broad SMARTS) is 1. The third-order valence-corrected chi connectivity index (χ3v) is 2.97.